The molecule has 2 unspecified atom stereocenters. The number of benzene rings is 3. The number of aliphatic imine (C=N–C) groups is 1. The summed E-state index contributed by atoms with van der Waals surface area (Å²) in [5.41, 5.74) is 0.442. The van der Waals surface area contributed by atoms with Gasteiger partial charge >= 0.3 is 0 Å². The topological polar surface area (TPSA) is 90.9 Å². The average molecular weight is 521 g/mol. The van der Waals surface area contributed by atoms with Crippen molar-refractivity contribution in [3.05, 3.63) is 101 Å². The second-order valence-electron chi connectivity index (χ2n) is 9.24. The Morgan fingerprint density at radius 2 is 1.74 bits per heavy atom. The summed E-state index contributed by atoms with van der Waals surface area (Å²) in [5, 5.41) is 4.47. The van der Waals surface area contributed by atoms with Crippen molar-refractivity contribution in [1.82, 2.24) is 10.6 Å². The highest BCUT2D eigenvalue weighted by Gasteiger charge is 2.45. The molecule has 2 atom stereocenters. The van der Waals surface area contributed by atoms with Crippen LogP contribution >= 0.6 is 0 Å². The van der Waals surface area contributed by atoms with Gasteiger partial charge in [0.2, 0.25) is 6.17 Å². The normalized spacial score (nSPS) is 17.7. The average Bonchev–Trinajstić information content (AvgIpc) is 3.29. The second kappa shape index (κ2) is 9.77. The highest BCUT2D eigenvalue weighted by Crippen LogP contribution is 2.36. The number of nitrogens with one attached hydrogen (secondary N) is 2. The Morgan fingerprint density at radius 3 is 2.45 bits per heavy atom. The Hall–Kier alpha value is -4.47. The molecular weight excluding hydrogens is 497 g/mol. The van der Waals surface area contributed by atoms with Gasteiger partial charge in [0.15, 0.2) is 0 Å². The van der Waals surface area contributed by atoms with Gasteiger partial charge in [0.1, 0.15) is 11.6 Å². The molecule has 10 heteroatoms. The molecule has 0 radical (unpaired) electrons. The Kier molecular flexibility index (Phi) is 6.48. The number of carbonyl (C=O) groups excluding carboxylic acids is 3. The number of hydrogen-bond acceptors (Lipinski definition) is 4. The zero-order valence-electron chi connectivity index (χ0n) is 20.3. The van der Waals surface area contributed by atoms with Crippen molar-refractivity contribution in [2.45, 2.75) is 31.7 Å². The first-order valence-electron chi connectivity index (χ1n) is 11.9. The quantitative estimate of drug-likeness (QED) is 0.490. The van der Waals surface area contributed by atoms with E-state index in [1.165, 1.54) is 4.90 Å². The molecule has 0 saturated carbocycles. The number of amides is 3. The van der Waals surface area contributed by atoms with Crippen LogP contribution in [0.2, 0.25) is 0 Å². The van der Waals surface area contributed by atoms with Gasteiger partial charge in [-0.3, -0.25) is 14.4 Å². The van der Waals surface area contributed by atoms with Crippen LogP contribution in [0.5, 0.6) is 0 Å². The Bertz CT molecular complexity index is 1450. The zero-order valence-corrected chi connectivity index (χ0v) is 20.3. The lowest BCUT2D eigenvalue weighted by molar-refractivity contribution is -0.146. The third-order valence-corrected chi connectivity index (χ3v) is 6.55. The van der Waals surface area contributed by atoms with Crippen LogP contribution in [-0.4, -0.2) is 41.8 Å². The molecule has 7 nitrogen and oxygen atoms in total. The molecule has 0 aromatic heterocycles. The summed E-state index contributed by atoms with van der Waals surface area (Å²) in [7, 11) is 0. The molecule has 2 aliphatic rings. The van der Waals surface area contributed by atoms with Gasteiger partial charge in [0, 0.05) is 30.3 Å². The van der Waals surface area contributed by atoms with E-state index in [-0.39, 0.29) is 5.56 Å². The highest BCUT2D eigenvalue weighted by atomic mass is 19.1. The smallest absolute Gasteiger partial charge is 0.272 e. The van der Waals surface area contributed by atoms with E-state index in [0.717, 1.165) is 24.6 Å². The summed E-state index contributed by atoms with van der Waals surface area (Å²) in [6, 6.07) is 17.3. The number of halogens is 3. The van der Waals surface area contributed by atoms with E-state index in [0.29, 0.717) is 41.6 Å². The molecule has 0 fully saturated rings. The molecule has 0 saturated heterocycles. The van der Waals surface area contributed by atoms with E-state index in [1.807, 2.05) is 48.5 Å². The molecular formula is C28H23F3N4O3. The Labute approximate surface area is 216 Å². The van der Waals surface area contributed by atoms with Gasteiger partial charge in [-0.2, -0.15) is 0 Å². The Balaban J connectivity index is 1.41. The minimum Gasteiger partial charge on any atom is -0.349 e. The fourth-order valence-corrected chi connectivity index (χ4v) is 4.61. The van der Waals surface area contributed by atoms with Crippen molar-refractivity contribution < 1.29 is 27.6 Å². The molecule has 3 amide bonds. The van der Waals surface area contributed by atoms with Crippen LogP contribution < -0.4 is 15.5 Å². The molecule has 0 aliphatic carbocycles. The zero-order chi connectivity index (χ0) is 27.0. The van der Waals surface area contributed by atoms with Crippen LogP contribution in [0.25, 0.3) is 0 Å². The maximum absolute atomic E-state index is 15.4. The minimum absolute atomic E-state index is 0.0470. The first kappa shape index (κ1) is 25.2. The van der Waals surface area contributed by atoms with Gasteiger partial charge in [0.05, 0.1) is 11.4 Å². The Morgan fingerprint density at radius 1 is 1.03 bits per heavy atom. The van der Waals surface area contributed by atoms with Crippen LogP contribution in [0.3, 0.4) is 0 Å². The SMILES string of the molecule is CC(F)(C(=O)NCc1cc(F)cc(F)c1)C(=O)NC1N=C(c2ccccc2)c2cccc3c2N(CC3)C1=O. The summed E-state index contributed by atoms with van der Waals surface area (Å²) < 4.78 is 42.3. The van der Waals surface area contributed by atoms with E-state index < -0.39 is 47.7 Å². The highest BCUT2D eigenvalue weighted by molar-refractivity contribution is 6.21. The second-order valence-corrected chi connectivity index (χ2v) is 9.24. The van der Waals surface area contributed by atoms with E-state index in [2.05, 4.69) is 15.6 Å². The van der Waals surface area contributed by atoms with Crippen molar-refractivity contribution in [3.63, 3.8) is 0 Å². The maximum atomic E-state index is 15.4. The summed E-state index contributed by atoms with van der Waals surface area (Å²) in [6.07, 6.45) is -0.877. The summed E-state index contributed by atoms with van der Waals surface area (Å²) >= 11 is 0. The molecule has 3 aromatic carbocycles. The van der Waals surface area contributed by atoms with E-state index >= 15 is 4.39 Å². The van der Waals surface area contributed by atoms with Crippen molar-refractivity contribution in [2.75, 3.05) is 11.4 Å². The minimum atomic E-state index is -3.11. The lowest BCUT2D eigenvalue weighted by atomic mass is 9.98. The van der Waals surface area contributed by atoms with Gasteiger partial charge in [0.25, 0.3) is 23.4 Å². The fraction of sp³-hybridized carbons (Fsp3) is 0.214. The largest absolute Gasteiger partial charge is 0.349 e. The van der Waals surface area contributed by atoms with Crippen molar-refractivity contribution in [2.24, 2.45) is 4.99 Å². The molecule has 2 heterocycles. The number of nitrogens with zero attached hydrogens (tertiary/aromatic N) is 2. The molecule has 0 bridgehead atoms. The van der Waals surface area contributed by atoms with Crippen molar-refractivity contribution >= 4 is 29.1 Å². The monoisotopic (exact) mass is 520 g/mol. The van der Waals surface area contributed by atoms with Crippen LogP contribution in [-0.2, 0) is 27.3 Å². The summed E-state index contributed by atoms with van der Waals surface area (Å²) in [6.45, 7) is 0.701. The summed E-state index contributed by atoms with van der Waals surface area (Å²) in [5.74, 6) is -4.98. The predicted octanol–water partition coefficient (Wildman–Crippen LogP) is 3.19. The summed E-state index contributed by atoms with van der Waals surface area (Å²) in [4.78, 5) is 45.1. The number of alkyl halides is 1. The van der Waals surface area contributed by atoms with E-state index in [1.54, 1.807) is 0 Å². The number of carbonyl (C=O) groups is 3. The third-order valence-electron chi connectivity index (χ3n) is 6.55. The first-order chi connectivity index (χ1) is 18.1. The lowest BCUT2D eigenvalue weighted by Gasteiger charge is -2.24. The van der Waals surface area contributed by atoms with E-state index in [9.17, 15) is 23.2 Å². The lowest BCUT2D eigenvalue weighted by Crippen LogP contribution is -2.56. The maximum Gasteiger partial charge on any atom is 0.272 e. The standard InChI is InChI=1S/C28H23F3N4O3/c1-28(31,26(37)32-15-16-12-19(29)14-20(30)13-16)27(38)34-24-25(36)35-11-10-18-8-5-9-21(23(18)35)22(33-24)17-6-3-2-4-7-17/h2-9,12-14,24H,10-11,15H2,1H3,(H,32,37)(H,34,38). The molecule has 38 heavy (non-hydrogen) atoms. The third kappa shape index (κ3) is 4.65. The molecule has 3 aromatic rings. The van der Waals surface area contributed by atoms with Gasteiger partial charge in [-0.05, 0) is 36.6 Å². The van der Waals surface area contributed by atoms with E-state index in [4.69, 9.17) is 0 Å². The van der Waals surface area contributed by atoms with Crippen molar-refractivity contribution in [3.8, 4) is 0 Å². The van der Waals surface area contributed by atoms with Crippen LogP contribution in [0.15, 0.2) is 71.7 Å². The van der Waals surface area contributed by atoms with Gasteiger partial charge in [-0.15, -0.1) is 0 Å². The van der Waals surface area contributed by atoms with Gasteiger partial charge in [-0.25, -0.2) is 18.2 Å². The number of para-hydroxylation sites is 1. The molecule has 0 spiro atoms. The van der Waals surface area contributed by atoms with Gasteiger partial charge in [-0.1, -0.05) is 48.5 Å². The van der Waals surface area contributed by atoms with Crippen LogP contribution in [0, 0.1) is 11.6 Å². The number of hydrogen-bond donors (Lipinski definition) is 2. The fourth-order valence-electron chi connectivity index (χ4n) is 4.61. The molecule has 194 valence electrons. The molecule has 5 rings (SSSR count). The predicted molar refractivity (Wildman–Crippen MR) is 134 cm³/mol. The van der Waals surface area contributed by atoms with Gasteiger partial charge < -0.3 is 15.5 Å². The molecule has 2 N–H and O–H groups in total. The van der Waals surface area contributed by atoms with Crippen molar-refractivity contribution in [1.29, 1.82) is 0 Å². The van der Waals surface area contributed by atoms with Crippen LogP contribution in [0.4, 0.5) is 18.9 Å². The van der Waals surface area contributed by atoms with Crippen LogP contribution in [0.1, 0.15) is 29.2 Å². The number of anilines is 1. The number of rotatable bonds is 6. The first-order valence-corrected chi connectivity index (χ1v) is 11.9. The molecule has 2 aliphatic heterocycles.